The van der Waals surface area contributed by atoms with Crippen molar-refractivity contribution in [1.29, 1.82) is 0 Å². The molecule has 0 aliphatic carbocycles. The van der Waals surface area contributed by atoms with Crippen LogP contribution in [0.1, 0.15) is 24.5 Å². The number of hydrogen-bond acceptors (Lipinski definition) is 5. The first kappa shape index (κ1) is 18.8. The van der Waals surface area contributed by atoms with E-state index in [1.54, 1.807) is 33.6 Å². The van der Waals surface area contributed by atoms with E-state index in [1.165, 1.54) is 8.61 Å². The third kappa shape index (κ3) is 3.72. The Kier molecular flexibility index (Phi) is 5.55. The van der Waals surface area contributed by atoms with Crippen molar-refractivity contribution in [1.82, 2.24) is 18.6 Å². The maximum Gasteiger partial charge on any atom is 0.281 e. The van der Waals surface area contributed by atoms with Crippen molar-refractivity contribution in [3.05, 3.63) is 42.4 Å². The molecule has 7 nitrogen and oxygen atoms in total. The second-order valence-electron chi connectivity index (χ2n) is 6.51. The summed E-state index contributed by atoms with van der Waals surface area (Å²) in [6, 6.07) is 7.68. The predicted octanol–water partition coefficient (Wildman–Crippen LogP) is 2.14. The molecule has 0 bridgehead atoms. The van der Waals surface area contributed by atoms with Gasteiger partial charge in [0.25, 0.3) is 10.2 Å². The van der Waals surface area contributed by atoms with Gasteiger partial charge in [-0.2, -0.15) is 17.0 Å². The molecule has 0 radical (unpaired) electrons. The van der Waals surface area contributed by atoms with Crippen LogP contribution in [0.2, 0.25) is 0 Å². The number of nitrogens with zero attached hydrogens (tertiary/aromatic N) is 4. The number of piperidine rings is 1. The van der Waals surface area contributed by atoms with E-state index in [4.69, 9.17) is 4.74 Å². The molecule has 1 aromatic heterocycles. The van der Waals surface area contributed by atoms with E-state index in [-0.39, 0.29) is 5.92 Å². The van der Waals surface area contributed by atoms with E-state index in [9.17, 15) is 8.42 Å². The van der Waals surface area contributed by atoms with Crippen molar-refractivity contribution < 1.29 is 13.2 Å². The highest BCUT2D eigenvalue weighted by Gasteiger charge is 2.32. The van der Waals surface area contributed by atoms with Gasteiger partial charge in [-0.25, -0.2) is 0 Å². The van der Waals surface area contributed by atoms with Gasteiger partial charge in [0.1, 0.15) is 5.75 Å². The molecule has 0 spiro atoms. The first-order chi connectivity index (χ1) is 12.4. The largest absolute Gasteiger partial charge is 0.497 e. The highest BCUT2D eigenvalue weighted by molar-refractivity contribution is 7.86. The number of aromatic nitrogens is 2. The molecule has 1 fully saturated rings. The second-order valence-corrected chi connectivity index (χ2v) is 8.65. The summed E-state index contributed by atoms with van der Waals surface area (Å²) in [5, 5.41) is 0. The van der Waals surface area contributed by atoms with Gasteiger partial charge in [-0.1, -0.05) is 12.1 Å². The lowest BCUT2D eigenvalue weighted by Gasteiger charge is -2.33. The Hall–Kier alpha value is -2.03. The van der Waals surface area contributed by atoms with Crippen LogP contribution in [0.25, 0.3) is 11.3 Å². The first-order valence-electron chi connectivity index (χ1n) is 8.56. The molecular weight excluding hydrogens is 352 g/mol. The van der Waals surface area contributed by atoms with Gasteiger partial charge in [0, 0.05) is 51.1 Å². The molecule has 2 heterocycles. The van der Waals surface area contributed by atoms with Crippen molar-refractivity contribution in [2.75, 3.05) is 34.3 Å². The summed E-state index contributed by atoms with van der Waals surface area (Å²) in [4.78, 5) is 9.08. The summed E-state index contributed by atoms with van der Waals surface area (Å²) in [5.74, 6) is 0.757. The molecule has 2 aromatic rings. The maximum absolute atomic E-state index is 12.5. The van der Waals surface area contributed by atoms with Gasteiger partial charge in [-0.3, -0.25) is 9.97 Å². The molecule has 0 N–H and O–H groups in total. The van der Waals surface area contributed by atoms with Crippen LogP contribution >= 0.6 is 0 Å². The lowest BCUT2D eigenvalue weighted by atomic mass is 9.92. The molecule has 1 saturated heterocycles. The van der Waals surface area contributed by atoms with Gasteiger partial charge < -0.3 is 4.74 Å². The molecule has 26 heavy (non-hydrogen) atoms. The quantitative estimate of drug-likeness (QED) is 0.799. The van der Waals surface area contributed by atoms with Gasteiger partial charge in [0.15, 0.2) is 0 Å². The lowest BCUT2D eigenvalue weighted by Crippen LogP contribution is -2.45. The van der Waals surface area contributed by atoms with Gasteiger partial charge in [0.05, 0.1) is 18.5 Å². The summed E-state index contributed by atoms with van der Waals surface area (Å²) >= 11 is 0. The van der Waals surface area contributed by atoms with E-state index in [0.717, 1.165) is 35.5 Å². The Labute approximate surface area is 154 Å². The maximum atomic E-state index is 12.5. The van der Waals surface area contributed by atoms with E-state index >= 15 is 0 Å². The zero-order valence-corrected chi connectivity index (χ0v) is 16.1. The summed E-state index contributed by atoms with van der Waals surface area (Å²) < 4.78 is 33.1. The topological polar surface area (TPSA) is 75.6 Å². The van der Waals surface area contributed by atoms with Crippen LogP contribution in [0.3, 0.4) is 0 Å². The van der Waals surface area contributed by atoms with Crippen molar-refractivity contribution in [3.8, 4) is 17.0 Å². The third-order valence-corrected chi connectivity index (χ3v) is 6.54. The minimum atomic E-state index is -3.43. The molecule has 8 heteroatoms. The molecule has 0 unspecified atom stereocenters. The Morgan fingerprint density at radius 2 is 2.00 bits per heavy atom. The van der Waals surface area contributed by atoms with Gasteiger partial charge >= 0.3 is 0 Å². The number of benzene rings is 1. The van der Waals surface area contributed by atoms with E-state index in [0.29, 0.717) is 13.1 Å². The van der Waals surface area contributed by atoms with Crippen LogP contribution in [0.15, 0.2) is 36.7 Å². The molecule has 1 atom stereocenters. The monoisotopic (exact) mass is 376 g/mol. The molecule has 0 amide bonds. The standard InChI is InChI=1S/C18H24N4O3S/c1-21(2)26(23,24)22-11-5-7-15(13-22)18-17(19-9-10-20-18)14-6-4-8-16(12-14)25-3/h4,6,8-10,12,15H,5,7,11,13H2,1-3H3/t15-/m0/s1. The van der Waals surface area contributed by atoms with Crippen LogP contribution < -0.4 is 4.74 Å². The molecule has 140 valence electrons. The highest BCUT2D eigenvalue weighted by Crippen LogP contribution is 2.33. The molecular formula is C18H24N4O3S. The Morgan fingerprint density at radius 1 is 1.23 bits per heavy atom. The van der Waals surface area contributed by atoms with Crippen molar-refractivity contribution in [2.45, 2.75) is 18.8 Å². The van der Waals surface area contributed by atoms with Gasteiger partial charge in [-0.15, -0.1) is 0 Å². The summed E-state index contributed by atoms with van der Waals surface area (Å²) in [6.45, 7) is 0.946. The van der Waals surface area contributed by atoms with Crippen LogP contribution in [0.4, 0.5) is 0 Å². The van der Waals surface area contributed by atoms with Gasteiger partial charge in [-0.05, 0) is 25.0 Å². The van der Waals surface area contributed by atoms with Crippen molar-refractivity contribution in [2.24, 2.45) is 0 Å². The molecule has 1 aromatic carbocycles. The molecule has 0 saturated carbocycles. The van der Waals surface area contributed by atoms with Crippen molar-refractivity contribution in [3.63, 3.8) is 0 Å². The van der Waals surface area contributed by atoms with Crippen molar-refractivity contribution >= 4 is 10.2 Å². The zero-order valence-electron chi connectivity index (χ0n) is 15.3. The molecule has 1 aliphatic rings. The van der Waals surface area contributed by atoms with Crippen LogP contribution in [-0.4, -0.2) is 61.3 Å². The Balaban J connectivity index is 1.95. The Bertz CT molecular complexity index is 870. The molecule has 1 aliphatic heterocycles. The van der Waals surface area contributed by atoms with Crippen LogP contribution in [0.5, 0.6) is 5.75 Å². The summed E-state index contributed by atoms with van der Waals surface area (Å²) in [7, 11) is 1.31. The molecule has 3 rings (SSSR count). The van der Waals surface area contributed by atoms with E-state index in [1.807, 2.05) is 24.3 Å². The third-order valence-electron chi connectivity index (χ3n) is 4.63. The first-order valence-corrected chi connectivity index (χ1v) is 9.96. The van der Waals surface area contributed by atoms with E-state index in [2.05, 4.69) is 9.97 Å². The minimum absolute atomic E-state index is 0.00776. The summed E-state index contributed by atoms with van der Waals surface area (Å²) in [6.07, 6.45) is 5.01. The predicted molar refractivity (Wildman–Crippen MR) is 100 cm³/mol. The smallest absolute Gasteiger partial charge is 0.281 e. The minimum Gasteiger partial charge on any atom is -0.497 e. The average molecular weight is 376 g/mol. The second kappa shape index (κ2) is 7.69. The lowest BCUT2D eigenvalue weighted by molar-refractivity contribution is 0.296. The average Bonchev–Trinajstić information content (AvgIpc) is 2.68. The summed E-state index contributed by atoms with van der Waals surface area (Å²) in [5.41, 5.74) is 2.53. The fraction of sp³-hybridized carbons (Fsp3) is 0.444. The van der Waals surface area contributed by atoms with Crippen LogP contribution in [-0.2, 0) is 10.2 Å². The van der Waals surface area contributed by atoms with Crippen LogP contribution in [0, 0.1) is 0 Å². The van der Waals surface area contributed by atoms with Gasteiger partial charge in [0.2, 0.25) is 0 Å². The number of rotatable bonds is 5. The zero-order chi connectivity index (χ0) is 18.7. The fourth-order valence-electron chi connectivity index (χ4n) is 3.25. The normalized spacial score (nSPS) is 18.8. The van der Waals surface area contributed by atoms with E-state index < -0.39 is 10.2 Å². The fourth-order valence-corrected chi connectivity index (χ4v) is 4.44. The Morgan fingerprint density at radius 3 is 2.73 bits per heavy atom. The highest BCUT2D eigenvalue weighted by atomic mass is 32.2. The number of ether oxygens (including phenoxy) is 1. The number of hydrogen-bond donors (Lipinski definition) is 0. The SMILES string of the molecule is COc1cccc(-c2nccnc2[C@H]2CCCN(S(=O)(=O)N(C)C)C2)c1. The number of methoxy groups -OCH3 is 1.